The minimum Gasteiger partial charge on any atom is -0.468 e. The zero-order chi connectivity index (χ0) is 12.8. The highest BCUT2D eigenvalue weighted by Crippen LogP contribution is 2.13. The summed E-state index contributed by atoms with van der Waals surface area (Å²) >= 11 is 0. The topological polar surface area (TPSA) is 67.0 Å². The van der Waals surface area contributed by atoms with Gasteiger partial charge in [0, 0.05) is 12.2 Å². The Labute approximate surface area is 102 Å². The Kier molecular flexibility index (Phi) is 5.15. The van der Waals surface area contributed by atoms with E-state index in [4.69, 9.17) is 4.74 Å². The first-order chi connectivity index (χ1) is 8.04. The fourth-order valence-corrected chi connectivity index (χ4v) is 1.75. The SMILES string of the molecule is COC(=O)C(CC(C)C)NC(C)c1ccn[nH]1. The van der Waals surface area contributed by atoms with Crippen LogP contribution in [0.5, 0.6) is 0 Å². The molecule has 0 saturated carbocycles. The zero-order valence-corrected chi connectivity index (χ0v) is 10.9. The van der Waals surface area contributed by atoms with Crippen molar-refractivity contribution in [2.45, 2.75) is 39.3 Å². The lowest BCUT2D eigenvalue weighted by molar-refractivity contribution is -0.143. The van der Waals surface area contributed by atoms with Crippen LogP contribution in [0.3, 0.4) is 0 Å². The quantitative estimate of drug-likeness (QED) is 0.741. The fraction of sp³-hybridized carbons (Fsp3) is 0.667. The maximum absolute atomic E-state index is 11.6. The zero-order valence-electron chi connectivity index (χ0n) is 10.9. The molecule has 0 fully saturated rings. The average Bonchev–Trinajstić information content (AvgIpc) is 2.79. The van der Waals surface area contributed by atoms with Crippen LogP contribution in [0.1, 0.15) is 38.9 Å². The molecule has 0 bridgehead atoms. The molecule has 1 rings (SSSR count). The minimum atomic E-state index is -0.279. The van der Waals surface area contributed by atoms with E-state index in [0.717, 1.165) is 12.1 Å². The van der Waals surface area contributed by atoms with Crippen LogP contribution in [0.4, 0.5) is 0 Å². The third kappa shape index (κ3) is 4.19. The molecule has 17 heavy (non-hydrogen) atoms. The molecule has 5 heteroatoms. The Hall–Kier alpha value is -1.36. The van der Waals surface area contributed by atoms with Crippen molar-refractivity contribution in [3.8, 4) is 0 Å². The highest BCUT2D eigenvalue weighted by molar-refractivity contribution is 5.75. The number of aromatic nitrogens is 2. The van der Waals surface area contributed by atoms with Gasteiger partial charge in [-0.3, -0.25) is 15.2 Å². The van der Waals surface area contributed by atoms with Gasteiger partial charge in [-0.2, -0.15) is 5.10 Å². The van der Waals surface area contributed by atoms with Crippen LogP contribution in [-0.2, 0) is 9.53 Å². The number of nitrogens with zero attached hydrogens (tertiary/aromatic N) is 1. The number of H-pyrrole nitrogens is 1. The first-order valence-electron chi connectivity index (χ1n) is 5.87. The van der Waals surface area contributed by atoms with E-state index in [1.165, 1.54) is 7.11 Å². The van der Waals surface area contributed by atoms with Gasteiger partial charge in [-0.15, -0.1) is 0 Å². The molecule has 0 aromatic carbocycles. The average molecular weight is 239 g/mol. The third-order valence-electron chi connectivity index (χ3n) is 2.63. The van der Waals surface area contributed by atoms with Crippen LogP contribution in [0.15, 0.2) is 12.3 Å². The van der Waals surface area contributed by atoms with E-state index in [2.05, 4.69) is 29.4 Å². The van der Waals surface area contributed by atoms with Gasteiger partial charge < -0.3 is 4.74 Å². The van der Waals surface area contributed by atoms with E-state index < -0.39 is 0 Å². The third-order valence-corrected chi connectivity index (χ3v) is 2.63. The second-order valence-electron chi connectivity index (χ2n) is 4.61. The summed E-state index contributed by atoms with van der Waals surface area (Å²) in [6.07, 6.45) is 2.45. The number of ether oxygens (including phenoxy) is 1. The highest BCUT2D eigenvalue weighted by Gasteiger charge is 2.22. The number of hydrogen-bond acceptors (Lipinski definition) is 4. The van der Waals surface area contributed by atoms with Gasteiger partial charge in [-0.05, 0) is 25.3 Å². The standard InChI is InChI=1S/C12H21N3O2/c1-8(2)7-11(12(16)17-4)14-9(3)10-5-6-13-15-10/h5-6,8-9,11,14H,7H2,1-4H3,(H,13,15). The van der Waals surface area contributed by atoms with E-state index in [1.807, 2.05) is 13.0 Å². The molecule has 1 aromatic heterocycles. The Balaban J connectivity index is 2.62. The molecule has 5 nitrogen and oxygen atoms in total. The Morgan fingerprint density at radius 3 is 2.71 bits per heavy atom. The summed E-state index contributed by atoms with van der Waals surface area (Å²) in [5.74, 6) is 0.214. The monoisotopic (exact) mass is 239 g/mol. The smallest absolute Gasteiger partial charge is 0.322 e. The number of esters is 1. The summed E-state index contributed by atoms with van der Waals surface area (Å²) in [7, 11) is 1.41. The molecular formula is C12H21N3O2. The molecular weight excluding hydrogens is 218 g/mol. The summed E-state index contributed by atoms with van der Waals surface area (Å²) in [4.78, 5) is 11.6. The Morgan fingerprint density at radius 2 is 2.24 bits per heavy atom. The molecule has 2 unspecified atom stereocenters. The number of methoxy groups -OCH3 is 1. The molecule has 0 amide bonds. The van der Waals surface area contributed by atoms with Crippen molar-refractivity contribution in [3.05, 3.63) is 18.0 Å². The molecule has 96 valence electrons. The summed E-state index contributed by atoms with van der Waals surface area (Å²) in [5, 5.41) is 10.0. The van der Waals surface area contributed by atoms with Crippen LogP contribution in [0.2, 0.25) is 0 Å². The second kappa shape index (κ2) is 6.39. The van der Waals surface area contributed by atoms with Gasteiger partial charge in [0.05, 0.1) is 12.8 Å². The van der Waals surface area contributed by atoms with Crippen LogP contribution < -0.4 is 5.32 Å². The summed E-state index contributed by atoms with van der Waals surface area (Å²) < 4.78 is 4.80. The molecule has 2 atom stereocenters. The van der Waals surface area contributed by atoms with Gasteiger partial charge in [-0.1, -0.05) is 13.8 Å². The second-order valence-corrected chi connectivity index (χ2v) is 4.61. The molecule has 0 aliphatic carbocycles. The molecule has 1 aromatic rings. The maximum Gasteiger partial charge on any atom is 0.322 e. The van der Waals surface area contributed by atoms with Crippen LogP contribution in [-0.4, -0.2) is 29.3 Å². The molecule has 0 spiro atoms. The molecule has 0 radical (unpaired) electrons. The van der Waals surface area contributed by atoms with Crippen molar-refractivity contribution in [1.82, 2.24) is 15.5 Å². The van der Waals surface area contributed by atoms with Crippen LogP contribution in [0, 0.1) is 5.92 Å². The van der Waals surface area contributed by atoms with E-state index in [0.29, 0.717) is 5.92 Å². The molecule has 0 aliphatic heterocycles. The number of nitrogens with one attached hydrogen (secondary N) is 2. The van der Waals surface area contributed by atoms with Crippen molar-refractivity contribution in [3.63, 3.8) is 0 Å². The van der Waals surface area contributed by atoms with Crippen molar-refractivity contribution >= 4 is 5.97 Å². The van der Waals surface area contributed by atoms with Crippen molar-refractivity contribution in [2.75, 3.05) is 7.11 Å². The predicted octanol–water partition coefficient (Wildman–Crippen LogP) is 1.65. The first-order valence-corrected chi connectivity index (χ1v) is 5.87. The van der Waals surface area contributed by atoms with E-state index in [9.17, 15) is 4.79 Å². The Morgan fingerprint density at radius 1 is 1.53 bits per heavy atom. The normalized spacial score (nSPS) is 14.6. The molecule has 0 saturated heterocycles. The Bertz CT molecular complexity index is 336. The lowest BCUT2D eigenvalue weighted by atomic mass is 10.0. The number of aromatic amines is 1. The number of rotatable bonds is 6. The molecule has 2 N–H and O–H groups in total. The predicted molar refractivity (Wildman–Crippen MR) is 65.4 cm³/mol. The highest BCUT2D eigenvalue weighted by atomic mass is 16.5. The van der Waals surface area contributed by atoms with Gasteiger partial charge >= 0.3 is 5.97 Å². The van der Waals surface area contributed by atoms with Crippen LogP contribution in [0.25, 0.3) is 0 Å². The van der Waals surface area contributed by atoms with E-state index in [1.54, 1.807) is 6.20 Å². The van der Waals surface area contributed by atoms with Gasteiger partial charge in [0.25, 0.3) is 0 Å². The summed E-state index contributed by atoms with van der Waals surface area (Å²) in [6.45, 7) is 6.15. The van der Waals surface area contributed by atoms with Gasteiger partial charge in [-0.25, -0.2) is 0 Å². The maximum atomic E-state index is 11.6. The number of carbonyl (C=O) groups is 1. The largest absolute Gasteiger partial charge is 0.468 e. The lowest BCUT2D eigenvalue weighted by Crippen LogP contribution is -2.40. The van der Waals surface area contributed by atoms with Gasteiger partial charge in [0.1, 0.15) is 6.04 Å². The summed E-state index contributed by atoms with van der Waals surface area (Å²) in [5.41, 5.74) is 0.961. The van der Waals surface area contributed by atoms with E-state index in [-0.39, 0.29) is 18.1 Å². The van der Waals surface area contributed by atoms with Crippen molar-refractivity contribution in [2.24, 2.45) is 5.92 Å². The minimum absolute atomic E-state index is 0.0420. The molecule has 0 aliphatic rings. The summed E-state index contributed by atoms with van der Waals surface area (Å²) in [6, 6.07) is 1.65. The van der Waals surface area contributed by atoms with Crippen molar-refractivity contribution in [1.29, 1.82) is 0 Å². The van der Waals surface area contributed by atoms with Crippen LogP contribution >= 0.6 is 0 Å². The van der Waals surface area contributed by atoms with Gasteiger partial charge in [0.2, 0.25) is 0 Å². The fourth-order valence-electron chi connectivity index (χ4n) is 1.75. The first kappa shape index (κ1) is 13.7. The van der Waals surface area contributed by atoms with E-state index >= 15 is 0 Å². The molecule has 1 heterocycles. The van der Waals surface area contributed by atoms with Gasteiger partial charge in [0.15, 0.2) is 0 Å². The number of hydrogen-bond donors (Lipinski definition) is 2. The lowest BCUT2D eigenvalue weighted by Gasteiger charge is -2.22. The number of carbonyl (C=O) groups excluding carboxylic acids is 1. The van der Waals surface area contributed by atoms with Crippen molar-refractivity contribution < 1.29 is 9.53 Å².